The van der Waals surface area contributed by atoms with Gasteiger partial charge < -0.3 is 9.47 Å². The van der Waals surface area contributed by atoms with E-state index in [9.17, 15) is 22.4 Å². The van der Waals surface area contributed by atoms with Crippen molar-refractivity contribution in [1.29, 1.82) is 0 Å². The van der Waals surface area contributed by atoms with E-state index in [0.717, 1.165) is 23.9 Å². The molecule has 0 saturated carbocycles. The van der Waals surface area contributed by atoms with Crippen molar-refractivity contribution < 1.29 is 31.8 Å². The molecule has 2 atom stereocenters. The van der Waals surface area contributed by atoms with Crippen LogP contribution in [-0.4, -0.2) is 41.3 Å². The number of alkyl halides is 4. The number of hydrogen-bond donors (Lipinski definition) is 0. The summed E-state index contributed by atoms with van der Waals surface area (Å²) in [6, 6.07) is 4.33. The number of carbonyl (C=O) groups is 1. The van der Waals surface area contributed by atoms with Crippen LogP contribution >= 0.6 is 0 Å². The zero-order valence-electron chi connectivity index (χ0n) is 18.7. The normalized spacial score (nSPS) is 20.1. The smallest absolute Gasteiger partial charge is 0.416 e. The van der Waals surface area contributed by atoms with E-state index in [1.165, 1.54) is 7.11 Å². The molecule has 0 unspecified atom stereocenters. The molecule has 1 aromatic carbocycles. The number of amides is 1. The highest BCUT2D eigenvalue weighted by molar-refractivity contribution is 5.97. The van der Waals surface area contributed by atoms with Crippen LogP contribution in [0.1, 0.15) is 48.8 Å². The molecule has 1 aromatic heterocycles. The Kier molecular flexibility index (Phi) is 6.55. The van der Waals surface area contributed by atoms with Gasteiger partial charge in [-0.25, -0.2) is 4.39 Å². The van der Waals surface area contributed by atoms with Crippen LogP contribution in [0, 0.1) is 0 Å². The molecule has 6 nitrogen and oxygen atoms in total. The molecule has 32 heavy (non-hydrogen) atoms. The van der Waals surface area contributed by atoms with Gasteiger partial charge in [-0.05, 0) is 18.2 Å². The molecule has 10 heteroatoms. The monoisotopic (exact) mass is 457 g/mol. The summed E-state index contributed by atoms with van der Waals surface area (Å²) in [7, 11) is 3.02. The van der Waals surface area contributed by atoms with Gasteiger partial charge in [0.1, 0.15) is 18.0 Å². The van der Waals surface area contributed by atoms with E-state index < -0.39 is 29.9 Å². The molecule has 176 valence electrons. The first kappa shape index (κ1) is 24.0. The standard InChI is InChI=1S/C22H27F4N3O3/c1-21(2,3)18-11-19(29(28(18)4)12-17-15(23)8-9-32-17)27-20(30)14-10-13(22(24,25)26)6-7-16(14)31-5/h6-7,10-11,15,17H,8-9,12H2,1-5H3/b27-19-/t15-,17-/m1/s1. The first-order valence-electron chi connectivity index (χ1n) is 10.2. The van der Waals surface area contributed by atoms with E-state index in [4.69, 9.17) is 9.47 Å². The van der Waals surface area contributed by atoms with Crippen LogP contribution in [0.4, 0.5) is 17.6 Å². The van der Waals surface area contributed by atoms with Gasteiger partial charge in [-0.1, -0.05) is 20.8 Å². The third-order valence-electron chi connectivity index (χ3n) is 5.46. The average molecular weight is 457 g/mol. The van der Waals surface area contributed by atoms with Crippen molar-refractivity contribution in [2.24, 2.45) is 12.0 Å². The van der Waals surface area contributed by atoms with E-state index in [1.54, 1.807) is 22.5 Å². The summed E-state index contributed by atoms with van der Waals surface area (Å²) < 4.78 is 67.6. The lowest BCUT2D eigenvalue weighted by atomic mass is 9.92. The number of rotatable bonds is 4. The minimum absolute atomic E-state index is 0.0202. The lowest BCUT2D eigenvalue weighted by molar-refractivity contribution is -0.137. The number of hydrogen-bond acceptors (Lipinski definition) is 3. The van der Waals surface area contributed by atoms with Gasteiger partial charge in [0.2, 0.25) is 0 Å². The molecule has 1 saturated heterocycles. The Hall–Kier alpha value is -2.62. The molecule has 1 aliphatic rings. The second-order valence-electron chi connectivity index (χ2n) is 8.79. The van der Waals surface area contributed by atoms with E-state index >= 15 is 0 Å². The maximum atomic E-state index is 14.2. The Bertz CT molecular complexity index is 1060. The predicted molar refractivity (Wildman–Crippen MR) is 109 cm³/mol. The molecular weight excluding hydrogens is 430 g/mol. The fraction of sp³-hybridized carbons (Fsp3) is 0.545. The van der Waals surface area contributed by atoms with E-state index in [1.807, 2.05) is 20.8 Å². The van der Waals surface area contributed by atoms with E-state index in [0.29, 0.717) is 6.61 Å². The summed E-state index contributed by atoms with van der Waals surface area (Å²) in [6.07, 6.45) is -6.19. The molecule has 2 heterocycles. The van der Waals surface area contributed by atoms with Gasteiger partial charge in [0.25, 0.3) is 5.91 Å². The van der Waals surface area contributed by atoms with Gasteiger partial charge in [-0.3, -0.25) is 14.2 Å². The lowest BCUT2D eigenvalue weighted by Crippen LogP contribution is -2.33. The fourth-order valence-electron chi connectivity index (χ4n) is 3.76. The van der Waals surface area contributed by atoms with Crippen molar-refractivity contribution in [3.05, 3.63) is 46.6 Å². The van der Waals surface area contributed by atoms with Crippen LogP contribution in [0.5, 0.6) is 5.75 Å². The number of ether oxygens (including phenoxy) is 2. The molecule has 0 N–H and O–H groups in total. The second kappa shape index (κ2) is 8.73. The molecular formula is C22H27F4N3O3. The number of nitrogens with zero attached hydrogens (tertiary/aromatic N) is 3. The van der Waals surface area contributed by atoms with Crippen LogP contribution in [0.25, 0.3) is 0 Å². The van der Waals surface area contributed by atoms with Gasteiger partial charge in [0.05, 0.1) is 31.4 Å². The minimum Gasteiger partial charge on any atom is -0.496 e. The highest BCUT2D eigenvalue weighted by Gasteiger charge is 2.33. The molecule has 1 fully saturated rings. The summed E-state index contributed by atoms with van der Waals surface area (Å²) in [4.78, 5) is 17.1. The maximum Gasteiger partial charge on any atom is 0.416 e. The highest BCUT2D eigenvalue weighted by Crippen LogP contribution is 2.33. The van der Waals surface area contributed by atoms with Gasteiger partial charge in [0.15, 0.2) is 5.49 Å². The number of benzene rings is 1. The maximum absolute atomic E-state index is 14.2. The van der Waals surface area contributed by atoms with Crippen molar-refractivity contribution >= 4 is 5.91 Å². The molecule has 0 radical (unpaired) electrons. The van der Waals surface area contributed by atoms with Crippen LogP contribution in [0.15, 0.2) is 29.3 Å². The molecule has 0 spiro atoms. The Morgan fingerprint density at radius 2 is 1.94 bits per heavy atom. The molecule has 2 aromatic rings. The van der Waals surface area contributed by atoms with Crippen molar-refractivity contribution in [3.8, 4) is 5.75 Å². The Labute approximate surface area is 183 Å². The first-order valence-corrected chi connectivity index (χ1v) is 10.2. The Morgan fingerprint density at radius 3 is 2.47 bits per heavy atom. The Balaban J connectivity index is 2.12. The van der Waals surface area contributed by atoms with Gasteiger partial charge in [0, 0.05) is 30.6 Å². The quantitative estimate of drug-likeness (QED) is 0.652. The number of methoxy groups -OCH3 is 1. The third-order valence-corrected chi connectivity index (χ3v) is 5.46. The van der Waals surface area contributed by atoms with E-state index in [2.05, 4.69) is 4.99 Å². The third kappa shape index (κ3) is 4.90. The Morgan fingerprint density at radius 1 is 1.25 bits per heavy atom. The van der Waals surface area contributed by atoms with Crippen molar-refractivity contribution in [3.63, 3.8) is 0 Å². The van der Waals surface area contributed by atoms with Crippen LogP contribution in [0.2, 0.25) is 0 Å². The summed E-state index contributed by atoms with van der Waals surface area (Å²) in [5.41, 5.74) is -0.603. The van der Waals surface area contributed by atoms with E-state index in [-0.39, 0.29) is 35.2 Å². The van der Waals surface area contributed by atoms with Gasteiger partial charge in [-0.2, -0.15) is 18.2 Å². The SMILES string of the molecule is COc1ccc(C(F)(F)F)cc1C(=O)/N=c1/cc(C(C)(C)C)n(C)n1C[C@H]1OCC[C@H]1F. The van der Waals surface area contributed by atoms with Crippen molar-refractivity contribution in [2.45, 2.75) is 57.6 Å². The summed E-state index contributed by atoms with van der Waals surface area (Å²) in [5, 5.41) is 0. The van der Waals surface area contributed by atoms with Gasteiger partial charge >= 0.3 is 6.18 Å². The zero-order chi connectivity index (χ0) is 23.8. The molecule has 1 aliphatic heterocycles. The van der Waals surface area contributed by atoms with Crippen LogP contribution in [-0.2, 0) is 29.9 Å². The molecule has 0 aliphatic carbocycles. The molecule has 3 rings (SSSR count). The minimum atomic E-state index is -4.62. The van der Waals surface area contributed by atoms with Crippen molar-refractivity contribution in [1.82, 2.24) is 9.36 Å². The zero-order valence-corrected chi connectivity index (χ0v) is 18.7. The first-order chi connectivity index (χ1) is 14.8. The van der Waals surface area contributed by atoms with Crippen LogP contribution < -0.4 is 10.2 Å². The fourth-order valence-corrected chi connectivity index (χ4v) is 3.76. The summed E-state index contributed by atoms with van der Waals surface area (Å²) in [5.74, 6) is -0.912. The average Bonchev–Trinajstić information content (AvgIpc) is 3.24. The topological polar surface area (TPSA) is 57.8 Å². The molecule has 1 amide bonds. The number of carbonyl (C=O) groups excluding carboxylic acids is 1. The molecule has 0 bridgehead atoms. The highest BCUT2D eigenvalue weighted by atomic mass is 19.4. The largest absolute Gasteiger partial charge is 0.496 e. The second-order valence-corrected chi connectivity index (χ2v) is 8.79. The summed E-state index contributed by atoms with van der Waals surface area (Å²) >= 11 is 0. The number of halogens is 4. The summed E-state index contributed by atoms with van der Waals surface area (Å²) in [6.45, 7) is 6.32. The lowest BCUT2D eigenvalue weighted by Gasteiger charge is -2.22. The van der Waals surface area contributed by atoms with Crippen LogP contribution in [0.3, 0.4) is 0 Å². The predicted octanol–water partition coefficient (Wildman–Crippen LogP) is 4.02. The number of aromatic nitrogens is 2. The van der Waals surface area contributed by atoms with Gasteiger partial charge in [-0.15, -0.1) is 0 Å². The van der Waals surface area contributed by atoms with Crippen molar-refractivity contribution in [2.75, 3.05) is 13.7 Å².